The predicted octanol–water partition coefficient (Wildman–Crippen LogP) is 4.24. The molecule has 1 atom stereocenters. The smallest absolute Gasteiger partial charge is 0.191 e. The fourth-order valence-corrected chi connectivity index (χ4v) is 4.03. The number of benzene rings is 1. The topological polar surface area (TPSA) is 56.0 Å². The van der Waals surface area contributed by atoms with Crippen LogP contribution in [0.3, 0.4) is 0 Å². The maximum absolute atomic E-state index is 5.78. The van der Waals surface area contributed by atoms with E-state index in [0.29, 0.717) is 6.54 Å². The van der Waals surface area contributed by atoms with E-state index in [0.717, 1.165) is 44.4 Å². The number of nitrogens with zero attached hydrogens (tertiary/aromatic N) is 3. The molecule has 0 spiro atoms. The molecule has 1 aromatic heterocycles. The van der Waals surface area contributed by atoms with Crippen LogP contribution in [0.25, 0.3) is 0 Å². The minimum Gasteiger partial charge on any atom is -0.468 e. The lowest BCUT2D eigenvalue weighted by Gasteiger charge is -2.33. The van der Waals surface area contributed by atoms with E-state index in [4.69, 9.17) is 9.41 Å². The summed E-state index contributed by atoms with van der Waals surface area (Å²) in [6, 6.07) is 12.8. The third-order valence-electron chi connectivity index (χ3n) is 5.52. The van der Waals surface area contributed by atoms with E-state index in [-0.39, 0.29) is 30.0 Å². The number of furan rings is 1. The molecule has 1 unspecified atom stereocenters. The molecule has 2 heterocycles. The van der Waals surface area contributed by atoms with Crippen LogP contribution in [0.5, 0.6) is 0 Å². The molecule has 1 fully saturated rings. The lowest BCUT2D eigenvalue weighted by molar-refractivity contribution is 0.146. The Morgan fingerprint density at radius 3 is 2.45 bits per heavy atom. The maximum Gasteiger partial charge on any atom is 0.191 e. The minimum absolute atomic E-state index is 0. The molecule has 1 aliphatic rings. The number of halogens is 1. The molecular formula is C24H38IN5O. The molecule has 7 heteroatoms. The highest BCUT2D eigenvalue weighted by Gasteiger charge is 2.24. The van der Waals surface area contributed by atoms with Gasteiger partial charge in [0.15, 0.2) is 5.96 Å². The van der Waals surface area contributed by atoms with E-state index in [1.807, 2.05) is 6.07 Å². The molecule has 0 aliphatic carbocycles. The standard InChI is InChI=1S/C24H37N5O.HI/c1-4-25-24(26-17-20-11-6-7-12-21(20)19-28(2)3)27-18-22(23-13-10-16-30-23)29-14-8-5-9-15-29;/h6-7,10-13,16,22H,4-5,8-9,14-15,17-19H2,1-3H3,(H2,25,26,27);1H. The van der Waals surface area contributed by atoms with Crippen LogP contribution < -0.4 is 10.6 Å². The molecule has 172 valence electrons. The summed E-state index contributed by atoms with van der Waals surface area (Å²) in [5.74, 6) is 1.88. The van der Waals surface area contributed by atoms with Gasteiger partial charge in [-0.25, -0.2) is 4.99 Å². The number of nitrogens with one attached hydrogen (secondary N) is 2. The molecule has 3 rings (SSSR count). The number of guanidine groups is 1. The van der Waals surface area contributed by atoms with Crippen molar-refractivity contribution < 1.29 is 4.42 Å². The zero-order valence-electron chi connectivity index (χ0n) is 19.1. The third kappa shape index (κ3) is 8.12. The average Bonchev–Trinajstić information content (AvgIpc) is 3.28. The van der Waals surface area contributed by atoms with Gasteiger partial charge >= 0.3 is 0 Å². The van der Waals surface area contributed by atoms with E-state index >= 15 is 0 Å². The Morgan fingerprint density at radius 1 is 1.06 bits per heavy atom. The quantitative estimate of drug-likeness (QED) is 0.284. The van der Waals surface area contributed by atoms with Crippen molar-refractivity contribution in [1.29, 1.82) is 0 Å². The summed E-state index contributed by atoms with van der Waals surface area (Å²) in [5, 5.41) is 6.96. The summed E-state index contributed by atoms with van der Waals surface area (Å²) in [6.07, 6.45) is 5.61. The second-order valence-corrected chi connectivity index (χ2v) is 8.21. The van der Waals surface area contributed by atoms with Gasteiger partial charge in [0.1, 0.15) is 5.76 Å². The lowest BCUT2D eigenvalue weighted by Crippen LogP contribution is -2.44. The van der Waals surface area contributed by atoms with Crippen molar-refractivity contribution in [2.24, 2.45) is 4.99 Å². The van der Waals surface area contributed by atoms with E-state index in [2.05, 4.69) is 71.8 Å². The van der Waals surface area contributed by atoms with E-state index in [1.54, 1.807) is 6.26 Å². The monoisotopic (exact) mass is 539 g/mol. The Labute approximate surface area is 204 Å². The van der Waals surface area contributed by atoms with Gasteiger partial charge in [0.05, 0.1) is 18.8 Å². The van der Waals surface area contributed by atoms with Crippen molar-refractivity contribution >= 4 is 29.9 Å². The minimum atomic E-state index is 0. The summed E-state index contributed by atoms with van der Waals surface area (Å²) in [4.78, 5) is 9.60. The highest BCUT2D eigenvalue weighted by atomic mass is 127. The Hall–Kier alpha value is -1.58. The Bertz CT molecular complexity index is 772. The normalized spacial score (nSPS) is 16.1. The van der Waals surface area contributed by atoms with Crippen molar-refractivity contribution in [1.82, 2.24) is 20.4 Å². The van der Waals surface area contributed by atoms with Gasteiger partial charge in [-0.1, -0.05) is 30.7 Å². The zero-order valence-corrected chi connectivity index (χ0v) is 21.5. The first-order valence-electron chi connectivity index (χ1n) is 11.2. The summed E-state index contributed by atoms with van der Waals surface area (Å²) in [7, 11) is 4.20. The van der Waals surface area contributed by atoms with Crippen LogP contribution in [0.15, 0.2) is 52.1 Å². The second kappa shape index (κ2) is 13.8. The van der Waals surface area contributed by atoms with Gasteiger partial charge in [0.2, 0.25) is 0 Å². The maximum atomic E-state index is 5.78. The van der Waals surface area contributed by atoms with Gasteiger partial charge in [-0.05, 0) is 70.2 Å². The Balaban J connectivity index is 0.00000341. The van der Waals surface area contributed by atoms with E-state index < -0.39 is 0 Å². The molecule has 1 aromatic carbocycles. The van der Waals surface area contributed by atoms with Crippen LogP contribution in [0.2, 0.25) is 0 Å². The summed E-state index contributed by atoms with van der Waals surface area (Å²) in [5.41, 5.74) is 2.59. The van der Waals surface area contributed by atoms with Crippen molar-refractivity contribution in [3.8, 4) is 0 Å². The van der Waals surface area contributed by atoms with Gasteiger partial charge < -0.3 is 20.0 Å². The molecular weight excluding hydrogens is 501 g/mol. The first kappa shape index (κ1) is 25.7. The van der Waals surface area contributed by atoms with Crippen LogP contribution in [0, 0.1) is 0 Å². The number of hydrogen-bond donors (Lipinski definition) is 2. The zero-order chi connectivity index (χ0) is 21.2. The average molecular weight is 540 g/mol. The molecule has 31 heavy (non-hydrogen) atoms. The van der Waals surface area contributed by atoms with Crippen LogP contribution in [0.4, 0.5) is 0 Å². The van der Waals surface area contributed by atoms with Crippen molar-refractivity contribution in [3.05, 3.63) is 59.5 Å². The molecule has 2 N–H and O–H groups in total. The van der Waals surface area contributed by atoms with E-state index in [9.17, 15) is 0 Å². The molecule has 6 nitrogen and oxygen atoms in total. The SMILES string of the molecule is CCNC(=NCc1ccccc1CN(C)C)NCC(c1ccco1)N1CCCCC1.I. The van der Waals surface area contributed by atoms with Gasteiger partial charge in [-0.15, -0.1) is 24.0 Å². The first-order valence-corrected chi connectivity index (χ1v) is 11.2. The van der Waals surface area contributed by atoms with Gasteiger partial charge in [0.25, 0.3) is 0 Å². The number of piperidine rings is 1. The highest BCUT2D eigenvalue weighted by Crippen LogP contribution is 2.24. The second-order valence-electron chi connectivity index (χ2n) is 8.21. The van der Waals surface area contributed by atoms with Gasteiger partial charge in [0, 0.05) is 19.6 Å². The van der Waals surface area contributed by atoms with Crippen molar-refractivity contribution in [3.63, 3.8) is 0 Å². The Morgan fingerprint density at radius 2 is 1.81 bits per heavy atom. The van der Waals surface area contributed by atoms with Crippen LogP contribution in [-0.4, -0.2) is 56.0 Å². The van der Waals surface area contributed by atoms with Crippen LogP contribution in [-0.2, 0) is 13.1 Å². The summed E-state index contributed by atoms with van der Waals surface area (Å²) >= 11 is 0. The third-order valence-corrected chi connectivity index (χ3v) is 5.52. The summed E-state index contributed by atoms with van der Waals surface area (Å²) < 4.78 is 5.78. The number of rotatable bonds is 9. The molecule has 0 saturated carbocycles. The van der Waals surface area contributed by atoms with Gasteiger partial charge in [-0.2, -0.15) is 0 Å². The number of hydrogen-bond acceptors (Lipinski definition) is 4. The van der Waals surface area contributed by atoms with Crippen LogP contribution >= 0.6 is 24.0 Å². The number of likely N-dealkylation sites (tertiary alicyclic amines) is 1. The van der Waals surface area contributed by atoms with Crippen molar-refractivity contribution in [2.45, 2.75) is 45.3 Å². The lowest BCUT2D eigenvalue weighted by atomic mass is 10.1. The molecule has 0 amide bonds. The number of aliphatic imine (C=N–C) groups is 1. The largest absolute Gasteiger partial charge is 0.468 e. The molecule has 1 aliphatic heterocycles. The fraction of sp³-hybridized carbons (Fsp3) is 0.542. The molecule has 0 bridgehead atoms. The van der Waals surface area contributed by atoms with Gasteiger partial charge in [-0.3, -0.25) is 4.90 Å². The fourth-order valence-electron chi connectivity index (χ4n) is 4.03. The van der Waals surface area contributed by atoms with Crippen LogP contribution in [0.1, 0.15) is 49.1 Å². The summed E-state index contributed by atoms with van der Waals surface area (Å²) in [6.45, 7) is 7.54. The molecule has 1 saturated heterocycles. The van der Waals surface area contributed by atoms with E-state index in [1.165, 1.54) is 30.4 Å². The molecule has 0 radical (unpaired) electrons. The predicted molar refractivity (Wildman–Crippen MR) is 139 cm³/mol. The highest BCUT2D eigenvalue weighted by molar-refractivity contribution is 14.0. The Kier molecular flexibility index (Phi) is 11.4. The van der Waals surface area contributed by atoms with Crippen molar-refractivity contribution in [2.75, 3.05) is 40.3 Å². The molecule has 2 aromatic rings. The first-order chi connectivity index (χ1) is 14.7.